The van der Waals surface area contributed by atoms with Gasteiger partial charge in [0.05, 0.1) is 18.4 Å². The van der Waals surface area contributed by atoms with Crippen LogP contribution in [0.4, 0.5) is 10.5 Å². The molecule has 0 aromatic heterocycles. The van der Waals surface area contributed by atoms with E-state index in [1.165, 1.54) is 11.8 Å². The van der Waals surface area contributed by atoms with Crippen LogP contribution >= 0.6 is 15.9 Å². The molecule has 1 saturated heterocycles. The maximum atomic E-state index is 11.8. The van der Waals surface area contributed by atoms with E-state index in [-0.39, 0.29) is 29.7 Å². The molecule has 1 N–H and O–H groups in total. The minimum atomic E-state index is -0.454. The third kappa shape index (κ3) is 3.81. The van der Waals surface area contributed by atoms with E-state index in [4.69, 9.17) is 4.74 Å². The van der Waals surface area contributed by atoms with E-state index in [0.717, 1.165) is 0 Å². The first-order chi connectivity index (χ1) is 10.0. The van der Waals surface area contributed by atoms with E-state index in [0.29, 0.717) is 17.8 Å². The van der Waals surface area contributed by atoms with E-state index in [9.17, 15) is 14.4 Å². The summed E-state index contributed by atoms with van der Waals surface area (Å²) in [4.78, 5) is 35.7. The lowest BCUT2D eigenvalue weighted by molar-refractivity contribution is -0.119. The number of carbonyl (C=O) groups excluding carboxylic acids is 3. The van der Waals surface area contributed by atoms with Crippen molar-refractivity contribution in [2.45, 2.75) is 13.0 Å². The molecule has 1 heterocycles. The molecule has 6 nitrogen and oxygen atoms in total. The number of Topliss-reactive ketones (excluding diaryl/α,β-unsaturated/α-hetero) is 1. The first kappa shape index (κ1) is 15.5. The molecular weight excluding hydrogens is 340 g/mol. The lowest BCUT2D eigenvalue weighted by Gasteiger charge is -2.13. The Hall–Kier alpha value is -1.89. The monoisotopic (exact) mass is 354 g/mol. The summed E-state index contributed by atoms with van der Waals surface area (Å²) in [5, 5.41) is 2.88. The van der Waals surface area contributed by atoms with Gasteiger partial charge < -0.3 is 10.1 Å². The van der Waals surface area contributed by atoms with Crippen LogP contribution in [0.25, 0.3) is 0 Å². The number of hydrogen-bond donors (Lipinski definition) is 1. The standard InChI is InChI=1S/C14H15BrN2O4/c1-9(18)16-7-12-8-17(14(20)21-12)11-4-2-10(3-5-11)13(19)6-15/h2-5,12H,6-8H2,1H3,(H,16,18)/t12-/m0/s1. The molecule has 1 atom stereocenters. The van der Waals surface area contributed by atoms with Crippen molar-refractivity contribution in [3.63, 3.8) is 0 Å². The maximum absolute atomic E-state index is 11.8. The highest BCUT2D eigenvalue weighted by Gasteiger charge is 2.32. The van der Waals surface area contributed by atoms with Gasteiger partial charge in [-0.2, -0.15) is 0 Å². The minimum Gasteiger partial charge on any atom is -0.442 e. The van der Waals surface area contributed by atoms with Crippen molar-refractivity contribution in [2.24, 2.45) is 0 Å². The smallest absolute Gasteiger partial charge is 0.414 e. The van der Waals surface area contributed by atoms with Gasteiger partial charge in [-0.1, -0.05) is 15.9 Å². The van der Waals surface area contributed by atoms with Gasteiger partial charge in [0.2, 0.25) is 5.91 Å². The van der Waals surface area contributed by atoms with Crippen LogP contribution in [0.1, 0.15) is 17.3 Å². The van der Waals surface area contributed by atoms with E-state index < -0.39 is 6.09 Å². The summed E-state index contributed by atoms with van der Waals surface area (Å²) in [5.74, 6) is -0.184. The van der Waals surface area contributed by atoms with Crippen LogP contribution in [0.15, 0.2) is 24.3 Å². The Morgan fingerprint density at radius 2 is 2.05 bits per heavy atom. The van der Waals surface area contributed by atoms with Crippen LogP contribution in [0.3, 0.4) is 0 Å². The predicted octanol–water partition coefficient (Wildman–Crippen LogP) is 1.73. The van der Waals surface area contributed by atoms with Crippen molar-refractivity contribution in [2.75, 3.05) is 23.3 Å². The van der Waals surface area contributed by atoms with E-state index in [1.807, 2.05) is 0 Å². The average molecular weight is 355 g/mol. The molecule has 0 bridgehead atoms. The van der Waals surface area contributed by atoms with Crippen LogP contribution in [-0.4, -0.2) is 42.3 Å². The van der Waals surface area contributed by atoms with Gasteiger partial charge >= 0.3 is 6.09 Å². The number of hydrogen-bond acceptors (Lipinski definition) is 4. The summed E-state index contributed by atoms with van der Waals surface area (Å²) in [6, 6.07) is 6.76. The fraction of sp³-hybridized carbons (Fsp3) is 0.357. The Kier molecular flexibility index (Phi) is 4.95. The first-order valence-electron chi connectivity index (χ1n) is 6.43. The number of carbonyl (C=O) groups is 3. The normalized spacial score (nSPS) is 17.5. The van der Waals surface area contributed by atoms with Crippen molar-refractivity contribution < 1.29 is 19.1 Å². The van der Waals surface area contributed by atoms with Gasteiger partial charge in [0, 0.05) is 18.2 Å². The second-order valence-corrected chi connectivity index (χ2v) is 5.22. The van der Waals surface area contributed by atoms with E-state index >= 15 is 0 Å². The number of amides is 2. The molecule has 0 aliphatic carbocycles. The predicted molar refractivity (Wildman–Crippen MR) is 80.9 cm³/mol. The molecule has 0 radical (unpaired) electrons. The molecule has 1 aromatic rings. The number of nitrogens with one attached hydrogen (secondary N) is 1. The Morgan fingerprint density at radius 1 is 1.38 bits per heavy atom. The number of anilines is 1. The summed E-state index contributed by atoms with van der Waals surface area (Å²) in [6.45, 7) is 2.07. The second kappa shape index (κ2) is 6.71. The Balaban J connectivity index is 2.03. The molecule has 1 aromatic carbocycles. The largest absolute Gasteiger partial charge is 0.442 e. The molecule has 1 fully saturated rings. The fourth-order valence-electron chi connectivity index (χ4n) is 2.00. The number of halogens is 1. The number of cyclic esters (lactones) is 1. The average Bonchev–Trinajstić information content (AvgIpc) is 2.85. The summed E-state index contributed by atoms with van der Waals surface area (Å²) in [7, 11) is 0. The van der Waals surface area contributed by atoms with Crippen molar-refractivity contribution in [3.05, 3.63) is 29.8 Å². The van der Waals surface area contributed by atoms with Gasteiger partial charge in [-0.25, -0.2) is 4.79 Å². The molecule has 1 aliphatic heterocycles. The third-order valence-electron chi connectivity index (χ3n) is 3.08. The van der Waals surface area contributed by atoms with Gasteiger partial charge in [0.25, 0.3) is 0 Å². The highest BCUT2D eigenvalue weighted by Crippen LogP contribution is 2.22. The van der Waals surface area contributed by atoms with Crippen LogP contribution < -0.4 is 10.2 Å². The maximum Gasteiger partial charge on any atom is 0.414 e. The lowest BCUT2D eigenvalue weighted by atomic mass is 10.1. The van der Waals surface area contributed by atoms with Crippen LogP contribution in [0.5, 0.6) is 0 Å². The van der Waals surface area contributed by atoms with Gasteiger partial charge in [-0.05, 0) is 24.3 Å². The van der Waals surface area contributed by atoms with E-state index in [2.05, 4.69) is 21.2 Å². The number of ketones is 1. The van der Waals surface area contributed by atoms with Gasteiger partial charge in [0.1, 0.15) is 6.10 Å². The number of benzene rings is 1. The molecule has 2 rings (SSSR count). The molecule has 0 spiro atoms. The zero-order chi connectivity index (χ0) is 15.4. The fourth-order valence-corrected chi connectivity index (χ4v) is 2.32. The molecular formula is C14H15BrN2O4. The number of nitrogens with zero attached hydrogens (tertiary/aromatic N) is 1. The van der Waals surface area contributed by atoms with E-state index in [1.54, 1.807) is 24.3 Å². The van der Waals surface area contributed by atoms with Crippen LogP contribution in [-0.2, 0) is 9.53 Å². The number of rotatable bonds is 5. The molecule has 112 valence electrons. The number of alkyl halides is 1. The van der Waals surface area contributed by atoms with Crippen molar-refractivity contribution >= 4 is 39.4 Å². The second-order valence-electron chi connectivity index (χ2n) is 4.66. The first-order valence-corrected chi connectivity index (χ1v) is 7.55. The molecule has 0 saturated carbocycles. The molecule has 7 heteroatoms. The summed E-state index contributed by atoms with van der Waals surface area (Å²) < 4.78 is 5.18. The molecule has 0 unspecified atom stereocenters. The van der Waals surface area contributed by atoms with Gasteiger partial charge in [0.15, 0.2) is 5.78 Å². The van der Waals surface area contributed by atoms with Crippen LogP contribution in [0, 0.1) is 0 Å². The molecule has 1 aliphatic rings. The summed E-state index contributed by atoms with van der Waals surface area (Å²) in [6.07, 6.45) is -0.824. The molecule has 21 heavy (non-hydrogen) atoms. The number of ether oxygens (including phenoxy) is 1. The van der Waals surface area contributed by atoms with Crippen molar-refractivity contribution in [1.82, 2.24) is 5.32 Å². The quantitative estimate of drug-likeness (QED) is 0.645. The zero-order valence-electron chi connectivity index (χ0n) is 11.5. The topological polar surface area (TPSA) is 75.7 Å². The summed E-state index contributed by atoms with van der Waals surface area (Å²) >= 11 is 3.11. The highest BCUT2D eigenvalue weighted by atomic mass is 79.9. The SMILES string of the molecule is CC(=O)NC[C@H]1CN(c2ccc(C(=O)CBr)cc2)C(=O)O1. The Morgan fingerprint density at radius 3 is 2.62 bits per heavy atom. The summed E-state index contributed by atoms with van der Waals surface area (Å²) in [5.41, 5.74) is 1.24. The molecule has 2 amide bonds. The van der Waals surface area contributed by atoms with Gasteiger partial charge in [-0.15, -0.1) is 0 Å². The Bertz CT molecular complexity index is 559. The zero-order valence-corrected chi connectivity index (χ0v) is 13.1. The third-order valence-corrected chi connectivity index (χ3v) is 3.58. The lowest BCUT2D eigenvalue weighted by Crippen LogP contribution is -2.33. The van der Waals surface area contributed by atoms with Gasteiger partial charge in [-0.3, -0.25) is 14.5 Å². The highest BCUT2D eigenvalue weighted by molar-refractivity contribution is 9.09. The van der Waals surface area contributed by atoms with Crippen LogP contribution in [0.2, 0.25) is 0 Å². The van der Waals surface area contributed by atoms with Crippen molar-refractivity contribution in [1.29, 1.82) is 0 Å². The van der Waals surface area contributed by atoms with Crippen molar-refractivity contribution in [3.8, 4) is 0 Å². The Labute approximate surface area is 130 Å². The minimum absolute atomic E-state index is 0.0194.